The van der Waals surface area contributed by atoms with Crippen molar-refractivity contribution >= 4 is 27.8 Å². The second kappa shape index (κ2) is 13.0. The van der Waals surface area contributed by atoms with E-state index in [-0.39, 0.29) is 0 Å². The highest BCUT2D eigenvalue weighted by Gasteiger charge is 2.18. The van der Waals surface area contributed by atoms with Gasteiger partial charge in [-0.15, -0.1) is 0 Å². The molecule has 0 fully saturated rings. The summed E-state index contributed by atoms with van der Waals surface area (Å²) in [5, 5.41) is 21.2. The van der Waals surface area contributed by atoms with Crippen molar-refractivity contribution in [3.8, 4) is 46.3 Å². The Morgan fingerprint density at radius 3 is 1.49 bits per heavy atom. The molecule has 5 nitrogen and oxygen atoms in total. The van der Waals surface area contributed by atoms with Gasteiger partial charge < -0.3 is 14.4 Å². The van der Waals surface area contributed by atoms with Crippen molar-refractivity contribution in [1.82, 2.24) is 0 Å². The van der Waals surface area contributed by atoms with Gasteiger partial charge in [0.05, 0.1) is 16.8 Å². The van der Waals surface area contributed by atoms with Gasteiger partial charge in [0.25, 0.3) is 0 Å². The average molecular weight is 606 g/mol. The standard InChI is InChI=1S/C42H27N3O2/c43-28-31-18-17-30(27-32(31)29-44)39-13-7-15-41-40(39)14-8-16-42(41)45(33-19-23-37(24-20-33)46-35-9-3-1-4-10-35)34-21-25-38(26-22-34)47-36-11-5-2-6-12-36/h1-27H. The van der Waals surface area contributed by atoms with Crippen LogP contribution < -0.4 is 14.4 Å². The Labute approximate surface area is 273 Å². The molecule has 0 amide bonds. The fraction of sp³-hybridized carbons (Fsp3) is 0. The predicted molar refractivity (Wildman–Crippen MR) is 187 cm³/mol. The summed E-state index contributed by atoms with van der Waals surface area (Å²) in [4.78, 5) is 2.21. The monoisotopic (exact) mass is 605 g/mol. The number of hydrogen-bond acceptors (Lipinski definition) is 5. The molecule has 0 saturated carbocycles. The number of para-hydroxylation sites is 2. The first-order valence-electron chi connectivity index (χ1n) is 15.1. The van der Waals surface area contributed by atoms with Crippen molar-refractivity contribution in [2.45, 2.75) is 0 Å². The zero-order chi connectivity index (χ0) is 32.0. The van der Waals surface area contributed by atoms with Crippen LogP contribution in [0.15, 0.2) is 164 Å². The van der Waals surface area contributed by atoms with Crippen LogP contribution in [0.25, 0.3) is 21.9 Å². The van der Waals surface area contributed by atoms with Crippen LogP contribution in [0.4, 0.5) is 17.1 Å². The summed E-state index contributed by atoms with van der Waals surface area (Å²) in [5.74, 6) is 3.02. The molecule has 0 aliphatic rings. The molecule has 0 bridgehead atoms. The lowest BCUT2D eigenvalue weighted by molar-refractivity contribution is 0.482. The lowest BCUT2D eigenvalue weighted by atomic mass is 9.94. The van der Waals surface area contributed by atoms with Crippen molar-refractivity contribution in [1.29, 1.82) is 10.5 Å². The maximum Gasteiger partial charge on any atom is 0.127 e. The summed E-state index contributed by atoms with van der Waals surface area (Å²) in [6.07, 6.45) is 0. The summed E-state index contributed by atoms with van der Waals surface area (Å²) >= 11 is 0. The smallest absolute Gasteiger partial charge is 0.127 e. The lowest BCUT2D eigenvalue weighted by Gasteiger charge is -2.27. The van der Waals surface area contributed by atoms with Crippen LogP contribution in [-0.4, -0.2) is 0 Å². The van der Waals surface area contributed by atoms with Gasteiger partial charge in [-0.1, -0.05) is 72.8 Å². The first kappa shape index (κ1) is 28.9. The Morgan fingerprint density at radius 2 is 0.936 bits per heavy atom. The van der Waals surface area contributed by atoms with Crippen molar-refractivity contribution in [2.75, 3.05) is 4.90 Å². The molecule has 7 aromatic carbocycles. The largest absolute Gasteiger partial charge is 0.457 e. The molecular formula is C42H27N3O2. The highest BCUT2D eigenvalue weighted by molar-refractivity contribution is 6.05. The summed E-state index contributed by atoms with van der Waals surface area (Å²) in [6, 6.07) is 57.6. The maximum atomic E-state index is 9.68. The molecule has 222 valence electrons. The highest BCUT2D eigenvalue weighted by atomic mass is 16.5. The molecule has 0 heterocycles. The molecular weight excluding hydrogens is 578 g/mol. The molecule has 7 rings (SSSR count). The number of benzene rings is 7. The molecule has 0 aliphatic heterocycles. The SMILES string of the molecule is N#Cc1ccc(-c2cccc3c(N(c4ccc(Oc5ccccc5)cc4)c4ccc(Oc5ccccc5)cc4)cccc23)cc1C#N. The lowest BCUT2D eigenvalue weighted by Crippen LogP contribution is -2.10. The highest BCUT2D eigenvalue weighted by Crippen LogP contribution is 2.42. The number of anilines is 3. The second-order valence-corrected chi connectivity index (χ2v) is 10.8. The van der Waals surface area contributed by atoms with E-state index in [9.17, 15) is 10.5 Å². The first-order chi connectivity index (χ1) is 23.2. The molecule has 0 unspecified atom stereocenters. The Kier molecular flexibility index (Phi) is 8.02. The van der Waals surface area contributed by atoms with E-state index in [1.165, 1.54) is 0 Å². The van der Waals surface area contributed by atoms with Gasteiger partial charge in [0.1, 0.15) is 35.1 Å². The van der Waals surface area contributed by atoms with Crippen molar-refractivity contribution in [2.24, 2.45) is 0 Å². The summed E-state index contributed by atoms with van der Waals surface area (Å²) in [6.45, 7) is 0. The second-order valence-electron chi connectivity index (χ2n) is 10.8. The van der Waals surface area contributed by atoms with E-state index < -0.39 is 0 Å². The molecule has 0 spiro atoms. The number of hydrogen-bond donors (Lipinski definition) is 0. The third kappa shape index (κ3) is 6.11. The van der Waals surface area contributed by atoms with E-state index in [1.807, 2.05) is 109 Å². The number of ether oxygens (including phenoxy) is 2. The van der Waals surface area contributed by atoms with Crippen LogP contribution in [0.1, 0.15) is 11.1 Å². The Balaban J connectivity index is 1.32. The van der Waals surface area contributed by atoms with Gasteiger partial charge in [-0.3, -0.25) is 0 Å². The van der Waals surface area contributed by atoms with E-state index in [4.69, 9.17) is 9.47 Å². The van der Waals surface area contributed by atoms with Gasteiger partial charge in [-0.25, -0.2) is 0 Å². The molecule has 0 aliphatic carbocycles. The van der Waals surface area contributed by atoms with Crippen molar-refractivity contribution in [3.05, 3.63) is 175 Å². The third-order valence-electron chi connectivity index (χ3n) is 7.86. The summed E-state index contributed by atoms with van der Waals surface area (Å²) < 4.78 is 12.2. The first-order valence-corrected chi connectivity index (χ1v) is 15.1. The van der Waals surface area contributed by atoms with Gasteiger partial charge in [0, 0.05) is 16.8 Å². The zero-order valence-electron chi connectivity index (χ0n) is 25.2. The summed E-state index contributed by atoms with van der Waals surface area (Å²) in [7, 11) is 0. The minimum absolute atomic E-state index is 0.357. The van der Waals surface area contributed by atoms with Gasteiger partial charge in [-0.05, 0) is 108 Å². The van der Waals surface area contributed by atoms with Crippen molar-refractivity contribution < 1.29 is 9.47 Å². The van der Waals surface area contributed by atoms with Crippen LogP contribution >= 0.6 is 0 Å². The number of rotatable bonds is 8. The molecule has 5 heteroatoms. The fourth-order valence-electron chi connectivity index (χ4n) is 5.64. The van der Waals surface area contributed by atoms with Crippen LogP contribution in [0.2, 0.25) is 0 Å². The van der Waals surface area contributed by atoms with Crippen LogP contribution in [0.3, 0.4) is 0 Å². The van der Waals surface area contributed by atoms with E-state index in [2.05, 4.69) is 59.5 Å². The normalized spacial score (nSPS) is 10.5. The summed E-state index contributed by atoms with van der Waals surface area (Å²) in [5.41, 5.74) is 5.45. The molecule has 0 aromatic heterocycles. The molecule has 7 aromatic rings. The van der Waals surface area contributed by atoms with E-state index in [0.29, 0.717) is 11.1 Å². The van der Waals surface area contributed by atoms with E-state index >= 15 is 0 Å². The van der Waals surface area contributed by atoms with Gasteiger partial charge in [0.2, 0.25) is 0 Å². The van der Waals surface area contributed by atoms with E-state index in [1.54, 1.807) is 12.1 Å². The Morgan fingerprint density at radius 1 is 0.426 bits per heavy atom. The molecule has 0 atom stereocenters. The minimum atomic E-state index is 0.357. The maximum absolute atomic E-state index is 9.68. The van der Waals surface area contributed by atoms with Crippen molar-refractivity contribution in [3.63, 3.8) is 0 Å². The molecule has 47 heavy (non-hydrogen) atoms. The predicted octanol–water partition coefficient (Wildman–Crippen LogP) is 11.3. The number of nitrogens with zero attached hydrogens (tertiary/aromatic N) is 3. The van der Waals surface area contributed by atoms with Crippen LogP contribution in [0.5, 0.6) is 23.0 Å². The van der Waals surface area contributed by atoms with Gasteiger partial charge >= 0.3 is 0 Å². The quantitative estimate of drug-likeness (QED) is 0.172. The van der Waals surface area contributed by atoms with Gasteiger partial charge in [-0.2, -0.15) is 10.5 Å². The fourth-order valence-corrected chi connectivity index (χ4v) is 5.64. The molecule has 0 N–H and O–H groups in total. The van der Waals surface area contributed by atoms with Crippen LogP contribution in [0, 0.1) is 22.7 Å². The molecule has 0 radical (unpaired) electrons. The topological polar surface area (TPSA) is 69.3 Å². The number of fused-ring (bicyclic) bond motifs is 1. The number of nitriles is 2. The molecule has 0 saturated heterocycles. The van der Waals surface area contributed by atoms with E-state index in [0.717, 1.165) is 62.0 Å². The Bertz CT molecular complexity index is 2170. The van der Waals surface area contributed by atoms with Crippen LogP contribution in [-0.2, 0) is 0 Å². The average Bonchev–Trinajstić information content (AvgIpc) is 3.13. The van der Waals surface area contributed by atoms with Gasteiger partial charge in [0.15, 0.2) is 0 Å². The zero-order valence-corrected chi connectivity index (χ0v) is 25.2. The minimum Gasteiger partial charge on any atom is -0.457 e. The third-order valence-corrected chi connectivity index (χ3v) is 7.86. The Hall–Kier alpha value is -6.82.